The molecule has 1 N–H and O–H groups in total. The van der Waals surface area contributed by atoms with Gasteiger partial charge in [-0.2, -0.15) is 0 Å². The number of hydrogen-bond acceptors (Lipinski definition) is 4. The first kappa shape index (κ1) is 22.7. The van der Waals surface area contributed by atoms with Gasteiger partial charge in [0.05, 0.1) is 13.7 Å². The molecular formula is C22H27ClN2O4. The highest BCUT2D eigenvalue weighted by Crippen LogP contribution is 2.21. The molecular weight excluding hydrogens is 392 g/mol. The van der Waals surface area contributed by atoms with Crippen LogP contribution in [0.2, 0.25) is 5.02 Å². The Labute approximate surface area is 176 Å². The highest BCUT2D eigenvalue weighted by Gasteiger charge is 2.26. The summed E-state index contributed by atoms with van der Waals surface area (Å²) in [5, 5.41) is 0.542. The van der Waals surface area contributed by atoms with E-state index >= 15 is 0 Å². The summed E-state index contributed by atoms with van der Waals surface area (Å²) in [6, 6.07) is 6.61. The van der Waals surface area contributed by atoms with Gasteiger partial charge in [0.1, 0.15) is 5.69 Å². The maximum atomic E-state index is 13.1. The summed E-state index contributed by atoms with van der Waals surface area (Å²) in [4.78, 5) is 42.5. The van der Waals surface area contributed by atoms with Crippen LogP contribution in [-0.2, 0) is 4.74 Å². The molecule has 0 saturated carbocycles. The fraction of sp³-hybridized carbons (Fsp3) is 0.409. The second-order valence-electron chi connectivity index (χ2n) is 7.46. The zero-order valence-corrected chi connectivity index (χ0v) is 18.2. The van der Waals surface area contributed by atoms with Gasteiger partial charge in [-0.05, 0) is 56.0 Å². The largest absolute Gasteiger partial charge is 0.464 e. The van der Waals surface area contributed by atoms with Crippen molar-refractivity contribution in [2.24, 2.45) is 5.92 Å². The van der Waals surface area contributed by atoms with Gasteiger partial charge in [-0.25, -0.2) is 4.79 Å². The number of Topliss-reactive ketones (excluding diaryl/α,β-unsaturated/α-hetero) is 1. The molecule has 0 aliphatic heterocycles. The van der Waals surface area contributed by atoms with Gasteiger partial charge in [0, 0.05) is 28.4 Å². The number of methoxy groups -OCH3 is 1. The van der Waals surface area contributed by atoms with Crippen LogP contribution in [-0.4, -0.2) is 47.7 Å². The van der Waals surface area contributed by atoms with Crippen molar-refractivity contribution in [3.63, 3.8) is 0 Å². The minimum atomic E-state index is -0.529. The summed E-state index contributed by atoms with van der Waals surface area (Å²) in [6.45, 7) is 7.94. The third-order valence-electron chi connectivity index (χ3n) is 4.80. The number of carbonyl (C=O) groups excluding carboxylic acids is 3. The van der Waals surface area contributed by atoms with Crippen molar-refractivity contribution >= 4 is 29.3 Å². The molecule has 7 heteroatoms. The highest BCUT2D eigenvalue weighted by atomic mass is 35.5. The summed E-state index contributed by atoms with van der Waals surface area (Å²) in [7, 11) is 1.29. The number of nitrogens with one attached hydrogen (secondary N) is 1. The quantitative estimate of drug-likeness (QED) is 0.507. The average molecular weight is 419 g/mol. The summed E-state index contributed by atoms with van der Waals surface area (Å²) in [5.41, 5.74) is 2.26. The summed E-state index contributed by atoms with van der Waals surface area (Å²) >= 11 is 5.92. The van der Waals surface area contributed by atoms with E-state index < -0.39 is 5.97 Å². The fourth-order valence-corrected chi connectivity index (χ4v) is 3.29. The van der Waals surface area contributed by atoms with Crippen LogP contribution < -0.4 is 0 Å². The molecule has 156 valence electrons. The number of amides is 1. The first-order valence-electron chi connectivity index (χ1n) is 9.51. The van der Waals surface area contributed by atoms with Gasteiger partial charge in [0.2, 0.25) is 0 Å². The maximum Gasteiger partial charge on any atom is 0.354 e. The molecule has 0 radical (unpaired) electrons. The van der Waals surface area contributed by atoms with Crippen molar-refractivity contribution in [2.45, 2.75) is 34.1 Å². The van der Waals surface area contributed by atoms with E-state index in [0.717, 1.165) is 6.42 Å². The number of ether oxygens (including phenoxy) is 1. The number of nitrogens with zero attached hydrogens (tertiary/aromatic N) is 1. The van der Waals surface area contributed by atoms with Crippen LogP contribution in [0.5, 0.6) is 0 Å². The molecule has 0 fully saturated rings. The van der Waals surface area contributed by atoms with Gasteiger partial charge in [-0.1, -0.05) is 25.4 Å². The Kier molecular flexibility index (Phi) is 7.62. The Morgan fingerprint density at radius 1 is 1.14 bits per heavy atom. The van der Waals surface area contributed by atoms with Crippen molar-refractivity contribution in [2.75, 3.05) is 20.2 Å². The second-order valence-corrected chi connectivity index (χ2v) is 7.89. The molecule has 1 heterocycles. The summed E-state index contributed by atoms with van der Waals surface area (Å²) in [5.74, 6) is -0.599. The number of carbonyl (C=O) groups is 3. The molecule has 0 saturated heterocycles. The molecule has 0 atom stereocenters. The lowest BCUT2D eigenvalue weighted by atomic mass is 10.0. The third-order valence-corrected chi connectivity index (χ3v) is 5.05. The third kappa shape index (κ3) is 5.48. The lowest BCUT2D eigenvalue weighted by molar-refractivity contribution is 0.0593. The van der Waals surface area contributed by atoms with Gasteiger partial charge in [-0.15, -0.1) is 0 Å². The van der Waals surface area contributed by atoms with E-state index in [9.17, 15) is 14.4 Å². The number of hydrogen-bond donors (Lipinski definition) is 1. The van der Waals surface area contributed by atoms with E-state index in [1.807, 2.05) is 0 Å². The van der Waals surface area contributed by atoms with Crippen LogP contribution in [0.25, 0.3) is 0 Å². The molecule has 0 aliphatic rings. The zero-order chi connectivity index (χ0) is 21.7. The van der Waals surface area contributed by atoms with E-state index in [2.05, 4.69) is 18.8 Å². The van der Waals surface area contributed by atoms with Gasteiger partial charge < -0.3 is 14.6 Å². The Balaban J connectivity index is 2.30. The Hall–Kier alpha value is -2.60. The number of esters is 1. The Morgan fingerprint density at radius 2 is 1.76 bits per heavy atom. The summed E-state index contributed by atoms with van der Waals surface area (Å²) in [6.07, 6.45) is 0.769. The van der Waals surface area contributed by atoms with E-state index in [1.165, 1.54) is 7.11 Å². The predicted octanol–water partition coefficient (Wildman–Crippen LogP) is 4.44. The number of rotatable bonds is 8. The molecule has 1 aromatic carbocycles. The van der Waals surface area contributed by atoms with Crippen molar-refractivity contribution in [3.05, 3.63) is 57.4 Å². The fourth-order valence-electron chi connectivity index (χ4n) is 3.17. The molecule has 6 nitrogen and oxygen atoms in total. The van der Waals surface area contributed by atoms with Crippen LogP contribution in [0, 0.1) is 19.8 Å². The van der Waals surface area contributed by atoms with Crippen LogP contribution in [0.3, 0.4) is 0 Å². The van der Waals surface area contributed by atoms with E-state index in [1.54, 1.807) is 43.0 Å². The molecule has 1 aromatic heterocycles. The Bertz CT molecular complexity index is 900. The highest BCUT2D eigenvalue weighted by molar-refractivity contribution is 6.30. The molecule has 1 amide bonds. The lowest BCUT2D eigenvalue weighted by Gasteiger charge is -2.23. The SMILES string of the molecule is COC(=O)c1[nH]c(C)c(C(=O)CN(CCC(C)C)C(=O)c2ccc(Cl)cc2)c1C. The molecule has 29 heavy (non-hydrogen) atoms. The zero-order valence-electron chi connectivity index (χ0n) is 17.5. The second kappa shape index (κ2) is 9.74. The molecule has 0 spiro atoms. The van der Waals surface area contributed by atoms with E-state index in [4.69, 9.17) is 16.3 Å². The van der Waals surface area contributed by atoms with Crippen LogP contribution in [0.1, 0.15) is 62.7 Å². The van der Waals surface area contributed by atoms with Crippen molar-refractivity contribution in [3.8, 4) is 0 Å². The van der Waals surface area contributed by atoms with Crippen molar-refractivity contribution in [1.29, 1.82) is 0 Å². The van der Waals surface area contributed by atoms with Gasteiger partial charge >= 0.3 is 5.97 Å². The predicted molar refractivity (Wildman–Crippen MR) is 113 cm³/mol. The normalized spacial score (nSPS) is 10.9. The first-order chi connectivity index (χ1) is 13.6. The van der Waals surface area contributed by atoms with Crippen molar-refractivity contribution in [1.82, 2.24) is 9.88 Å². The number of halogens is 1. The van der Waals surface area contributed by atoms with Gasteiger partial charge in [0.25, 0.3) is 5.91 Å². The maximum absolute atomic E-state index is 13.1. The minimum Gasteiger partial charge on any atom is -0.464 e. The van der Waals surface area contributed by atoms with Crippen LogP contribution >= 0.6 is 11.6 Å². The van der Waals surface area contributed by atoms with E-state index in [0.29, 0.717) is 39.9 Å². The number of aromatic nitrogens is 1. The molecule has 2 rings (SSSR count). The smallest absolute Gasteiger partial charge is 0.354 e. The average Bonchev–Trinajstić information content (AvgIpc) is 2.98. The summed E-state index contributed by atoms with van der Waals surface area (Å²) < 4.78 is 4.76. The molecule has 0 aliphatic carbocycles. The first-order valence-corrected chi connectivity index (χ1v) is 9.89. The molecule has 0 unspecified atom stereocenters. The number of aryl methyl sites for hydroxylation is 1. The Morgan fingerprint density at radius 3 is 2.31 bits per heavy atom. The number of ketones is 1. The van der Waals surface area contributed by atoms with Gasteiger partial charge in [0.15, 0.2) is 5.78 Å². The number of aromatic amines is 1. The standard InChI is InChI=1S/C22H27ClN2O4/c1-13(2)10-11-25(21(27)16-6-8-17(23)9-7-16)12-18(26)19-14(3)20(22(28)29-5)24-15(19)4/h6-9,13,24H,10-12H2,1-5H3. The monoisotopic (exact) mass is 418 g/mol. The topological polar surface area (TPSA) is 79.5 Å². The molecule has 2 aromatic rings. The molecule has 0 bridgehead atoms. The van der Waals surface area contributed by atoms with Crippen LogP contribution in [0.15, 0.2) is 24.3 Å². The van der Waals surface area contributed by atoms with Crippen molar-refractivity contribution < 1.29 is 19.1 Å². The minimum absolute atomic E-state index is 0.0751. The van der Waals surface area contributed by atoms with Crippen LogP contribution in [0.4, 0.5) is 0 Å². The van der Waals surface area contributed by atoms with Gasteiger partial charge in [-0.3, -0.25) is 9.59 Å². The van der Waals surface area contributed by atoms with E-state index in [-0.39, 0.29) is 23.9 Å². The lowest BCUT2D eigenvalue weighted by Crippen LogP contribution is -2.37. The number of H-pyrrole nitrogens is 1. The number of benzene rings is 1.